The predicted molar refractivity (Wildman–Crippen MR) is 83.0 cm³/mol. The third-order valence-corrected chi connectivity index (χ3v) is 4.15. The second-order valence-electron chi connectivity index (χ2n) is 4.88. The minimum absolute atomic E-state index is 0.0726. The zero-order valence-electron chi connectivity index (χ0n) is 11.1. The van der Waals surface area contributed by atoms with Crippen molar-refractivity contribution in [2.75, 3.05) is 0 Å². The Morgan fingerprint density at radius 1 is 1.11 bits per heavy atom. The summed E-state index contributed by atoms with van der Waals surface area (Å²) in [7, 11) is 0. The van der Waals surface area contributed by atoms with Crippen LogP contribution in [0.2, 0.25) is 10.0 Å². The minimum atomic E-state index is -0.0726. The van der Waals surface area contributed by atoms with Crippen LogP contribution in [0, 0.1) is 13.8 Å². The third kappa shape index (κ3) is 3.30. The molecule has 3 heteroatoms. The molecule has 19 heavy (non-hydrogen) atoms. The fourth-order valence-corrected chi connectivity index (χ4v) is 2.69. The molecule has 0 radical (unpaired) electrons. The highest BCUT2D eigenvalue weighted by Gasteiger charge is 2.13. The van der Waals surface area contributed by atoms with Gasteiger partial charge in [-0.15, -0.1) is 0 Å². The summed E-state index contributed by atoms with van der Waals surface area (Å²) >= 11 is 12.2. The average molecular weight is 294 g/mol. The Hall–Kier alpha value is -1.02. The number of rotatable bonds is 3. The van der Waals surface area contributed by atoms with Crippen LogP contribution < -0.4 is 5.73 Å². The van der Waals surface area contributed by atoms with Gasteiger partial charge in [0, 0.05) is 6.04 Å². The van der Waals surface area contributed by atoms with E-state index in [-0.39, 0.29) is 6.04 Å². The molecule has 0 saturated carbocycles. The van der Waals surface area contributed by atoms with Crippen molar-refractivity contribution in [1.29, 1.82) is 0 Å². The molecule has 0 aromatic heterocycles. The smallest absolute Gasteiger partial charge is 0.0624 e. The van der Waals surface area contributed by atoms with Crippen LogP contribution in [0.15, 0.2) is 36.4 Å². The molecule has 0 amide bonds. The molecule has 2 aromatic rings. The summed E-state index contributed by atoms with van der Waals surface area (Å²) in [5.41, 5.74) is 10.9. The molecule has 2 N–H and O–H groups in total. The van der Waals surface area contributed by atoms with Crippen molar-refractivity contribution in [2.24, 2.45) is 5.73 Å². The highest BCUT2D eigenvalue weighted by Crippen LogP contribution is 2.29. The molecule has 0 aliphatic rings. The fourth-order valence-electron chi connectivity index (χ4n) is 2.29. The van der Waals surface area contributed by atoms with Crippen LogP contribution >= 0.6 is 23.2 Å². The van der Waals surface area contributed by atoms with Crippen molar-refractivity contribution in [3.05, 3.63) is 68.7 Å². The van der Waals surface area contributed by atoms with Crippen molar-refractivity contribution < 1.29 is 0 Å². The van der Waals surface area contributed by atoms with Gasteiger partial charge >= 0.3 is 0 Å². The number of benzene rings is 2. The van der Waals surface area contributed by atoms with Crippen molar-refractivity contribution in [3.63, 3.8) is 0 Å². The van der Waals surface area contributed by atoms with Gasteiger partial charge < -0.3 is 5.73 Å². The quantitative estimate of drug-likeness (QED) is 0.860. The highest BCUT2D eigenvalue weighted by atomic mass is 35.5. The van der Waals surface area contributed by atoms with E-state index < -0.39 is 0 Å². The molecule has 0 heterocycles. The van der Waals surface area contributed by atoms with Gasteiger partial charge in [0.05, 0.1) is 10.0 Å². The van der Waals surface area contributed by atoms with Crippen LogP contribution in [0.5, 0.6) is 0 Å². The van der Waals surface area contributed by atoms with Gasteiger partial charge in [0.25, 0.3) is 0 Å². The Balaban J connectivity index is 2.25. The lowest BCUT2D eigenvalue weighted by molar-refractivity contribution is 0.716. The summed E-state index contributed by atoms with van der Waals surface area (Å²) in [4.78, 5) is 0. The van der Waals surface area contributed by atoms with Crippen molar-refractivity contribution in [1.82, 2.24) is 0 Å². The third-order valence-electron chi connectivity index (χ3n) is 3.30. The summed E-state index contributed by atoms with van der Waals surface area (Å²) in [5, 5.41) is 1.18. The molecule has 0 aliphatic carbocycles. The summed E-state index contributed by atoms with van der Waals surface area (Å²) in [6.07, 6.45) is 0.684. The number of nitrogens with two attached hydrogens (primary N) is 1. The second-order valence-corrected chi connectivity index (χ2v) is 5.67. The van der Waals surface area contributed by atoms with E-state index in [2.05, 4.69) is 32.0 Å². The molecule has 2 rings (SSSR count). The maximum Gasteiger partial charge on any atom is 0.0624 e. The van der Waals surface area contributed by atoms with Gasteiger partial charge in [-0.05, 0) is 43.0 Å². The first kappa shape index (κ1) is 14.4. The first-order valence-electron chi connectivity index (χ1n) is 6.24. The van der Waals surface area contributed by atoms with E-state index in [1.807, 2.05) is 12.1 Å². The number of halogens is 2. The lowest BCUT2D eigenvalue weighted by Crippen LogP contribution is -2.15. The summed E-state index contributed by atoms with van der Waals surface area (Å²) in [5.74, 6) is 0. The van der Waals surface area contributed by atoms with Gasteiger partial charge in [-0.2, -0.15) is 0 Å². The molecule has 0 aliphatic heterocycles. The monoisotopic (exact) mass is 293 g/mol. The molecule has 0 bridgehead atoms. The van der Waals surface area contributed by atoms with E-state index in [1.54, 1.807) is 6.07 Å². The molecule has 0 fully saturated rings. The zero-order chi connectivity index (χ0) is 14.0. The molecular weight excluding hydrogens is 277 g/mol. The van der Waals surface area contributed by atoms with Crippen LogP contribution in [-0.4, -0.2) is 0 Å². The SMILES string of the molecule is Cc1ccc(C(N)Cc2cccc(Cl)c2Cl)c(C)c1. The largest absolute Gasteiger partial charge is 0.324 e. The number of hydrogen-bond donors (Lipinski definition) is 1. The van der Waals surface area contributed by atoms with Crippen LogP contribution in [0.1, 0.15) is 28.3 Å². The Labute approximate surface area is 124 Å². The second kappa shape index (κ2) is 5.96. The van der Waals surface area contributed by atoms with E-state index in [1.165, 1.54) is 11.1 Å². The lowest BCUT2D eigenvalue weighted by Gasteiger charge is -2.16. The highest BCUT2D eigenvalue weighted by molar-refractivity contribution is 6.42. The molecule has 1 atom stereocenters. The Bertz CT molecular complexity index is 593. The minimum Gasteiger partial charge on any atom is -0.324 e. The summed E-state index contributed by atoms with van der Waals surface area (Å²) < 4.78 is 0. The van der Waals surface area contributed by atoms with Crippen molar-refractivity contribution in [2.45, 2.75) is 26.3 Å². The lowest BCUT2D eigenvalue weighted by atomic mass is 9.95. The van der Waals surface area contributed by atoms with E-state index >= 15 is 0 Å². The fraction of sp³-hybridized carbons (Fsp3) is 0.250. The zero-order valence-corrected chi connectivity index (χ0v) is 12.6. The van der Waals surface area contributed by atoms with E-state index in [9.17, 15) is 0 Å². The topological polar surface area (TPSA) is 26.0 Å². The maximum atomic E-state index is 6.30. The van der Waals surface area contributed by atoms with E-state index in [4.69, 9.17) is 28.9 Å². The molecule has 2 aromatic carbocycles. The van der Waals surface area contributed by atoms with Gasteiger partial charge in [-0.1, -0.05) is 59.1 Å². The van der Waals surface area contributed by atoms with Gasteiger partial charge in [0.2, 0.25) is 0 Å². The number of aryl methyl sites for hydroxylation is 2. The van der Waals surface area contributed by atoms with Crippen molar-refractivity contribution >= 4 is 23.2 Å². The standard InChI is InChI=1S/C16H17Cl2N/c1-10-6-7-13(11(2)8-10)15(19)9-12-4-3-5-14(17)16(12)18/h3-8,15H,9,19H2,1-2H3. The maximum absolute atomic E-state index is 6.30. The average Bonchev–Trinajstić information content (AvgIpc) is 2.34. The molecule has 0 saturated heterocycles. The Morgan fingerprint density at radius 3 is 2.53 bits per heavy atom. The van der Waals surface area contributed by atoms with E-state index in [0.717, 1.165) is 11.1 Å². The van der Waals surface area contributed by atoms with Gasteiger partial charge in [0.1, 0.15) is 0 Å². The van der Waals surface area contributed by atoms with Crippen LogP contribution in [0.4, 0.5) is 0 Å². The molecule has 1 unspecified atom stereocenters. The summed E-state index contributed by atoms with van der Waals surface area (Å²) in [6, 6.07) is 11.9. The van der Waals surface area contributed by atoms with Crippen LogP contribution in [-0.2, 0) is 6.42 Å². The Morgan fingerprint density at radius 2 is 1.84 bits per heavy atom. The Kier molecular flexibility index (Phi) is 4.51. The van der Waals surface area contributed by atoms with Crippen LogP contribution in [0.3, 0.4) is 0 Å². The number of hydrogen-bond acceptors (Lipinski definition) is 1. The van der Waals surface area contributed by atoms with Crippen molar-refractivity contribution in [3.8, 4) is 0 Å². The van der Waals surface area contributed by atoms with E-state index in [0.29, 0.717) is 16.5 Å². The predicted octanol–water partition coefficient (Wildman–Crippen LogP) is 4.85. The molecular formula is C16H17Cl2N. The summed E-state index contributed by atoms with van der Waals surface area (Å²) in [6.45, 7) is 4.16. The van der Waals surface area contributed by atoms with Crippen LogP contribution in [0.25, 0.3) is 0 Å². The molecule has 0 spiro atoms. The first-order chi connectivity index (χ1) is 8.99. The normalized spacial score (nSPS) is 12.5. The first-order valence-corrected chi connectivity index (χ1v) is 7.00. The van der Waals surface area contributed by atoms with Gasteiger partial charge in [-0.3, -0.25) is 0 Å². The van der Waals surface area contributed by atoms with Gasteiger partial charge in [0.15, 0.2) is 0 Å². The van der Waals surface area contributed by atoms with Gasteiger partial charge in [-0.25, -0.2) is 0 Å². The molecule has 1 nitrogen and oxygen atoms in total. The molecule has 100 valence electrons.